The fourth-order valence-corrected chi connectivity index (χ4v) is 2.59. The van der Waals surface area contributed by atoms with Crippen molar-refractivity contribution in [3.05, 3.63) is 51.7 Å². The van der Waals surface area contributed by atoms with Gasteiger partial charge in [-0.3, -0.25) is 4.98 Å². The molecule has 4 nitrogen and oxygen atoms in total. The minimum atomic E-state index is 0.557. The molecule has 0 unspecified atom stereocenters. The second-order valence-corrected chi connectivity index (χ2v) is 5.86. The highest BCUT2D eigenvalue weighted by molar-refractivity contribution is 9.10. The number of para-hydroxylation sites is 1. The molecule has 0 aliphatic rings. The van der Waals surface area contributed by atoms with E-state index in [1.807, 2.05) is 18.2 Å². The van der Waals surface area contributed by atoms with E-state index >= 15 is 0 Å². The number of hydrogen-bond acceptors (Lipinski definition) is 4. The number of ether oxygens (including phenoxy) is 1. The van der Waals surface area contributed by atoms with Crippen LogP contribution in [0.15, 0.2) is 51.7 Å². The van der Waals surface area contributed by atoms with Gasteiger partial charge in [-0.25, -0.2) is 4.98 Å². The molecule has 2 N–H and O–H groups in total. The number of rotatable bonds is 2. The van der Waals surface area contributed by atoms with E-state index in [2.05, 4.69) is 41.8 Å². The van der Waals surface area contributed by atoms with Gasteiger partial charge in [-0.15, -0.1) is 0 Å². The summed E-state index contributed by atoms with van der Waals surface area (Å²) in [6, 6.07) is 9.17. The predicted octanol–water partition coefficient (Wildman–Crippen LogP) is 4.53. The SMILES string of the molecule is Nc1cccc(Br)c1Oc1ccnc2cc(Br)cnc12. The summed E-state index contributed by atoms with van der Waals surface area (Å²) in [6.07, 6.45) is 3.39. The number of benzene rings is 1. The third-order valence-corrected chi connectivity index (χ3v) is 3.77. The Bertz CT molecular complexity index is 772. The Hall–Kier alpha value is -1.66. The number of halogens is 2. The van der Waals surface area contributed by atoms with Gasteiger partial charge in [0.25, 0.3) is 0 Å². The molecule has 0 saturated carbocycles. The molecule has 6 heteroatoms. The Kier molecular flexibility index (Phi) is 3.58. The molecule has 0 aliphatic heterocycles. The van der Waals surface area contributed by atoms with E-state index in [1.54, 1.807) is 24.5 Å². The summed E-state index contributed by atoms with van der Waals surface area (Å²) in [4.78, 5) is 8.62. The van der Waals surface area contributed by atoms with Crippen molar-refractivity contribution in [3.63, 3.8) is 0 Å². The van der Waals surface area contributed by atoms with Gasteiger partial charge in [0.1, 0.15) is 5.52 Å². The second kappa shape index (κ2) is 5.38. The third kappa shape index (κ3) is 2.48. The normalized spacial score (nSPS) is 10.7. The summed E-state index contributed by atoms with van der Waals surface area (Å²) in [6.45, 7) is 0. The number of fused-ring (bicyclic) bond motifs is 1. The van der Waals surface area contributed by atoms with E-state index in [1.165, 1.54) is 0 Å². The van der Waals surface area contributed by atoms with Crippen LogP contribution in [0.1, 0.15) is 0 Å². The lowest BCUT2D eigenvalue weighted by atomic mass is 10.3. The standard InChI is InChI=1S/C14H9Br2N3O/c15-8-6-11-13(19-7-8)12(4-5-18-11)20-14-9(16)2-1-3-10(14)17/h1-7H,17H2. The molecule has 2 aromatic heterocycles. The molecule has 0 saturated heterocycles. The van der Waals surface area contributed by atoms with Crippen LogP contribution >= 0.6 is 31.9 Å². The quantitative estimate of drug-likeness (QED) is 0.648. The maximum atomic E-state index is 5.94. The lowest BCUT2D eigenvalue weighted by Crippen LogP contribution is -1.95. The Morgan fingerprint density at radius 3 is 2.75 bits per heavy atom. The van der Waals surface area contributed by atoms with Gasteiger partial charge in [0.15, 0.2) is 11.5 Å². The van der Waals surface area contributed by atoms with Crippen LogP contribution in [0.2, 0.25) is 0 Å². The molecule has 0 spiro atoms. The monoisotopic (exact) mass is 393 g/mol. The number of anilines is 1. The number of nitrogens with zero attached hydrogens (tertiary/aromatic N) is 2. The first-order chi connectivity index (χ1) is 9.65. The van der Waals surface area contributed by atoms with Crippen LogP contribution in [0.5, 0.6) is 11.5 Å². The highest BCUT2D eigenvalue weighted by Gasteiger charge is 2.11. The van der Waals surface area contributed by atoms with E-state index < -0.39 is 0 Å². The average molecular weight is 395 g/mol. The molecule has 0 fully saturated rings. The Morgan fingerprint density at radius 1 is 1.10 bits per heavy atom. The Labute approximate surface area is 132 Å². The maximum Gasteiger partial charge on any atom is 0.164 e. The van der Waals surface area contributed by atoms with Crippen molar-refractivity contribution in [2.45, 2.75) is 0 Å². The summed E-state index contributed by atoms with van der Waals surface area (Å²) < 4.78 is 7.57. The van der Waals surface area contributed by atoms with Crippen molar-refractivity contribution >= 4 is 48.6 Å². The van der Waals surface area contributed by atoms with Gasteiger partial charge < -0.3 is 10.5 Å². The van der Waals surface area contributed by atoms with Gasteiger partial charge in [0.05, 0.1) is 15.7 Å². The Balaban J connectivity index is 2.11. The van der Waals surface area contributed by atoms with E-state index in [0.29, 0.717) is 22.7 Å². The zero-order valence-corrected chi connectivity index (χ0v) is 13.3. The number of pyridine rings is 2. The van der Waals surface area contributed by atoms with Crippen molar-refractivity contribution in [2.75, 3.05) is 5.73 Å². The largest absolute Gasteiger partial charge is 0.452 e. The first kappa shape index (κ1) is 13.3. The average Bonchev–Trinajstić information content (AvgIpc) is 2.42. The van der Waals surface area contributed by atoms with Crippen LogP contribution in [0.4, 0.5) is 5.69 Å². The molecule has 0 radical (unpaired) electrons. The number of nitrogen functional groups attached to an aromatic ring is 1. The fourth-order valence-electron chi connectivity index (χ4n) is 1.81. The van der Waals surface area contributed by atoms with Gasteiger partial charge in [0, 0.05) is 22.9 Å². The van der Waals surface area contributed by atoms with Crippen molar-refractivity contribution in [1.29, 1.82) is 0 Å². The molecule has 0 atom stereocenters. The van der Waals surface area contributed by atoms with Crippen LogP contribution in [0.3, 0.4) is 0 Å². The van der Waals surface area contributed by atoms with E-state index in [9.17, 15) is 0 Å². The molecule has 0 aliphatic carbocycles. The summed E-state index contributed by atoms with van der Waals surface area (Å²) in [5.74, 6) is 1.19. The molecular weight excluding hydrogens is 386 g/mol. The maximum absolute atomic E-state index is 5.94. The summed E-state index contributed by atoms with van der Waals surface area (Å²) in [5, 5.41) is 0. The lowest BCUT2D eigenvalue weighted by Gasteiger charge is -2.11. The molecular formula is C14H9Br2N3O. The molecule has 3 aromatic rings. The molecule has 2 heterocycles. The minimum absolute atomic E-state index is 0.557. The predicted molar refractivity (Wildman–Crippen MR) is 85.9 cm³/mol. The van der Waals surface area contributed by atoms with Crippen LogP contribution in [0.25, 0.3) is 11.0 Å². The molecule has 100 valence electrons. The zero-order chi connectivity index (χ0) is 14.1. The number of aromatic nitrogens is 2. The highest BCUT2D eigenvalue weighted by atomic mass is 79.9. The molecule has 0 bridgehead atoms. The summed E-state index contributed by atoms with van der Waals surface area (Å²) in [5.41, 5.74) is 7.93. The Morgan fingerprint density at radius 2 is 1.95 bits per heavy atom. The van der Waals surface area contributed by atoms with Gasteiger partial charge in [-0.2, -0.15) is 0 Å². The van der Waals surface area contributed by atoms with Crippen LogP contribution < -0.4 is 10.5 Å². The van der Waals surface area contributed by atoms with Crippen molar-refractivity contribution in [2.24, 2.45) is 0 Å². The number of hydrogen-bond donors (Lipinski definition) is 1. The fraction of sp³-hybridized carbons (Fsp3) is 0. The van der Waals surface area contributed by atoms with Crippen molar-refractivity contribution < 1.29 is 4.74 Å². The first-order valence-electron chi connectivity index (χ1n) is 5.77. The second-order valence-electron chi connectivity index (χ2n) is 4.09. The van der Waals surface area contributed by atoms with Crippen LogP contribution in [-0.4, -0.2) is 9.97 Å². The zero-order valence-electron chi connectivity index (χ0n) is 10.2. The lowest BCUT2D eigenvalue weighted by molar-refractivity contribution is 0.486. The van der Waals surface area contributed by atoms with E-state index in [0.717, 1.165) is 14.5 Å². The van der Waals surface area contributed by atoms with Crippen molar-refractivity contribution in [3.8, 4) is 11.5 Å². The van der Waals surface area contributed by atoms with Gasteiger partial charge in [-0.05, 0) is 50.1 Å². The van der Waals surface area contributed by atoms with Gasteiger partial charge in [-0.1, -0.05) is 6.07 Å². The number of nitrogens with two attached hydrogens (primary N) is 1. The van der Waals surface area contributed by atoms with Crippen molar-refractivity contribution in [1.82, 2.24) is 9.97 Å². The molecule has 0 amide bonds. The topological polar surface area (TPSA) is 61.0 Å². The highest BCUT2D eigenvalue weighted by Crippen LogP contribution is 2.36. The smallest absolute Gasteiger partial charge is 0.164 e. The molecule has 20 heavy (non-hydrogen) atoms. The minimum Gasteiger partial charge on any atom is -0.452 e. The van der Waals surface area contributed by atoms with Gasteiger partial charge >= 0.3 is 0 Å². The molecule has 3 rings (SSSR count). The van der Waals surface area contributed by atoms with E-state index in [4.69, 9.17) is 10.5 Å². The molecule has 1 aromatic carbocycles. The van der Waals surface area contributed by atoms with Gasteiger partial charge in [0.2, 0.25) is 0 Å². The summed E-state index contributed by atoms with van der Waals surface area (Å²) >= 11 is 6.81. The third-order valence-electron chi connectivity index (χ3n) is 2.72. The first-order valence-corrected chi connectivity index (χ1v) is 7.36. The summed E-state index contributed by atoms with van der Waals surface area (Å²) in [7, 11) is 0. The van der Waals surface area contributed by atoms with Crippen LogP contribution in [0, 0.1) is 0 Å². The van der Waals surface area contributed by atoms with E-state index in [-0.39, 0.29) is 0 Å². The van der Waals surface area contributed by atoms with Crippen LogP contribution in [-0.2, 0) is 0 Å².